The second-order valence-corrected chi connectivity index (χ2v) is 5.14. The van der Waals surface area contributed by atoms with E-state index >= 15 is 0 Å². The number of halogens is 1. The summed E-state index contributed by atoms with van der Waals surface area (Å²) in [4.78, 5) is 0. The number of nitrogens with zero attached hydrogens (tertiary/aromatic N) is 2. The van der Waals surface area contributed by atoms with Gasteiger partial charge in [-0.05, 0) is 19.4 Å². The standard InChI is InChI=1S/C12H20ClN3/c1-14-11(7-9-5-3-4-6-9)12-10(13)8-15-16(12)2/h8-9,11,14H,3-7H2,1-2H3. The van der Waals surface area contributed by atoms with E-state index in [9.17, 15) is 0 Å². The predicted octanol–water partition coefficient (Wildman–Crippen LogP) is 2.91. The largest absolute Gasteiger partial charge is 0.312 e. The average molecular weight is 242 g/mol. The monoisotopic (exact) mass is 241 g/mol. The lowest BCUT2D eigenvalue weighted by Crippen LogP contribution is -2.22. The van der Waals surface area contributed by atoms with Gasteiger partial charge in [-0.1, -0.05) is 37.3 Å². The number of rotatable bonds is 4. The van der Waals surface area contributed by atoms with Crippen LogP contribution in [0.5, 0.6) is 0 Å². The Morgan fingerprint density at radius 3 is 2.75 bits per heavy atom. The summed E-state index contributed by atoms with van der Waals surface area (Å²) >= 11 is 6.18. The van der Waals surface area contributed by atoms with Crippen LogP contribution < -0.4 is 5.32 Å². The molecule has 90 valence electrons. The summed E-state index contributed by atoms with van der Waals surface area (Å²) in [7, 11) is 3.96. The minimum atomic E-state index is 0.336. The van der Waals surface area contributed by atoms with Gasteiger partial charge < -0.3 is 5.32 Å². The first-order chi connectivity index (χ1) is 7.72. The summed E-state index contributed by atoms with van der Waals surface area (Å²) in [5.41, 5.74) is 1.12. The molecule has 1 aromatic heterocycles. The van der Waals surface area contributed by atoms with Crippen molar-refractivity contribution in [3.8, 4) is 0 Å². The second-order valence-electron chi connectivity index (χ2n) is 4.73. The molecule has 4 heteroatoms. The van der Waals surface area contributed by atoms with Crippen molar-refractivity contribution in [3.05, 3.63) is 16.9 Å². The molecule has 3 nitrogen and oxygen atoms in total. The maximum absolute atomic E-state index is 6.18. The van der Waals surface area contributed by atoms with Gasteiger partial charge >= 0.3 is 0 Å². The Morgan fingerprint density at radius 1 is 1.56 bits per heavy atom. The van der Waals surface area contributed by atoms with Crippen molar-refractivity contribution in [2.24, 2.45) is 13.0 Å². The highest BCUT2D eigenvalue weighted by Gasteiger charge is 2.23. The highest BCUT2D eigenvalue weighted by molar-refractivity contribution is 6.31. The van der Waals surface area contributed by atoms with E-state index in [2.05, 4.69) is 10.4 Å². The molecule has 1 fully saturated rings. The molecule has 1 aliphatic rings. The summed E-state index contributed by atoms with van der Waals surface area (Å²) in [6.45, 7) is 0. The molecule has 1 atom stereocenters. The summed E-state index contributed by atoms with van der Waals surface area (Å²) in [5, 5.41) is 8.35. The van der Waals surface area contributed by atoms with Crippen LogP contribution in [-0.4, -0.2) is 16.8 Å². The molecule has 0 amide bonds. The van der Waals surface area contributed by atoms with Crippen LogP contribution in [0.3, 0.4) is 0 Å². The fourth-order valence-corrected chi connectivity index (χ4v) is 3.06. The van der Waals surface area contributed by atoms with Crippen LogP contribution in [0.1, 0.15) is 43.8 Å². The first kappa shape index (κ1) is 11.9. The highest BCUT2D eigenvalue weighted by atomic mass is 35.5. The normalized spacial score (nSPS) is 19.2. The maximum atomic E-state index is 6.18. The third-order valence-electron chi connectivity index (χ3n) is 3.66. The number of aromatic nitrogens is 2. The van der Waals surface area contributed by atoms with Crippen molar-refractivity contribution in [2.45, 2.75) is 38.1 Å². The Morgan fingerprint density at radius 2 is 2.25 bits per heavy atom. The van der Waals surface area contributed by atoms with Gasteiger partial charge in [0.15, 0.2) is 0 Å². The Labute approximate surface area is 102 Å². The molecule has 0 radical (unpaired) electrons. The molecule has 1 heterocycles. The summed E-state index contributed by atoms with van der Waals surface area (Å²) < 4.78 is 1.89. The quantitative estimate of drug-likeness (QED) is 0.879. The Bertz CT molecular complexity index is 323. The van der Waals surface area contributed by atoms with Crippen molar-refractivity contribution < 1.29 is 0 Å². The molecule has 1 saturated carbocycles. The minimum absolute atomic E-state index is 0.336. The van der Waals surface area contributed by atoms with Gasteiger partial charge in [0.25, 0.3) is 0 Å². The number of hydrogen-bond acceptors (Lipinski definition) is 2. The lowest BCUT2D eigenvalue weighted by Gasteiger charge is -2.20. The Hall–Kier alpha value is -0.540. The van der Waals surface area contributed by atoms with E-state index in [1.165, 1.54) is 32.1 Å². The molecule has 1 aliphatic carbocycles. The van der Waals surface area contributed by atoms with Crippen LogP contribution in [0.15, 0.2) is 6.20 Å². The van der Waals surface area contributed by atoms with Gasteiger partial charge in [-0.3, -0.25) is 4.68 Å². The van der Waals surface area contributed by atoms with Crippen LogP contribution in [0.4, 0.5) is 0 Å². The zero-order chi connectivity index (χ0) is 11.5. The van der Waals surface area contributed by atoms with E-state index in [1.54, 1.807) is 6.20 Å². The zero-order valence-electron chi connectivity index (χ0n) is 10.0. The Balaban J connectivity index is 2.09. The molecule has 0 spiro atoms. The van der Waals surface area contributed by atoms with E-state index in [1.807, 2.05) is 18.8 Å². The number of nitrogens with one attached hydrogen (secondary N) is 1. The molecular weight excluding hydrogens is 222 g/mol. The highest BCUT2D eigenvalue weighted by Crippen LogP contribution is 2.34. The maximum Gasteiger partial charge on any atom is 0.0833 e. The third kappa shape index (κ3) is 2.41. The van der Waals surface area contributed by atoms with Gasteiger partial charge in [0.2, 0.25) is 0 Å². The van der Waals surface area contributed by atoms with Gasteiger partial charge in [0, 0.05) is 7.05 Å². The molecule has 2 rings (SSSR count). The van der Waals surface area contributed by atoms with Crippen molar-refractivity contribution in [3.63, 3.8) is 0 Å². The van der Waals surface area contributed by atoms with Crippen molar-refractivity contribution >= 4 is 11.6 Å². The van der Waals surface area contributed by atoms with Gasteiger partial charge in [0.05, 0.1) is 23.0 Å². The van der Waals surface area contributed by atoms with Crippen LogP contribution in [-0.2, 0) is 7.05 Å². The fraction of sp³-hybridized carbons (Fsp3) is 0.750. The number of aryl methyl sites for hydroxylation is 1. The van der Waals surface area contributed by atoms with Crippen molar-refractivity contribution in [1.82, 2.24) is 15.1 Å². The molecule has 1 aromatic rings. The average Bonchev–Trinajstić information content (AvgIpc) is 2.87. The lowest BCUT2D eigenvalue weighted by molar-refractivity contribution is 0.398. The van der Waals surface area contributed by atoms with Crippen LogP contribution in [0.2, 0.25) is 5.02 Å². The van der Waals surface area contributed by atoms with E-state index < -0.39 is 0 Å². The summed E-state index contributed by atoms with van der Waals surface area (Å²) in [5.74, 6) is 0.850. The molecule has 1 N–H and O–H groups in total. The SMILES string of the molecule is CNC(CC1CCCC1)c1c(Cl)cnn1C. The Kier molecular flexibility index (Phi) is 3.87. The van der Waals surface area contributed by atoms with Gasteiger partial charge in [-0.15, -0.1) is 0 Å². The van der Waals surface area contributed by atoms with Crippen molar-refractivity contribution in [1.29, 1.82) is 0 Å². The summed E-state index contributed by atoms with van der Waals surface area (Å²) in [6.07, 6.45) is 8.42. The molecular formula is C12H20ClN3. The van der Waals surface area contributed by atoms with E-state index in [0.717, 1.165) is 16.6 Å². The van der Waals surface area contributed by atoms with Crippen molar-refractivity contribution in [2.75, 3.05) is 7.05 Å². The molecule has 1 unspecified atom stereocenters. The molecule has 0 aliphatic heterocycles. The zero-order valence-corrected chi connectivity index (χ0v) is 10.8. The fourth-order valence-electron chi connectivity index (χ4n) is 2.76. The van der Waals surface area contributed by atoms with E-state index in [-0.39, 0.29) is 0 Å². The van der Waals surface area contributed by atoms with E-state index in [0.29, 0.717) is 6.04 Å². The minimum Gasteiger partial charge on any atom is -0.312 e. The topological polar surface area (TPSA) is 29.9 Å². The molecule has 0 bridgehead atoms. The van der Waals surface area contributed by atoms with E-state index in [4.69, 9.17) is 11.6 Å². The molecule has 0 saturated heterocycles. The first-order valence-corrected chi connectivity index (χ1v) is 6.44. The molecule has 0 aromatic carbocycles. The first-order valence-electron chi connectivity index (χ1n) is 6.07. The van der Waals surface area contributed by atoms with Crippen LogP contribution in [0.25, 0.3) is 0 Å². The second kappa shape index (κ2) is 5.19. The lowest BCUT2D eigenvalue weighted by atomic mass is 9.96. The number of hydrogen-bond donors (Lipinski definition) is 1. The van der Waals surface area contributed by atoms with Crippen LogP contribution >= 0.6 is 11.6 Å². The van der Waals surface area contributed by atoms with Gasteiger partial charge in [-0.25, -0.2) is 0 Å². The van der Waals surface area contributed by atoms with Gasteiger partial charge in [0.1, 0.15) is 0 Å². The molecule has 16 heavy (non-hydrogen) atoms. The smallest absolute Gasteiger partial charge is 0.0833 e. The third-order valence-corrected chi connectivity index (χ3v) is 3.95. The summed E-state index contributed by atoms with van der Waals surface area (Å²) in [6, 6.07) is 0.336. The predicted molar refractivity (Wildman–Crippen MR) is 66.6 cm³/mol. The van der Waals surface area contributed by atoms with Gasteiger partial charge in [-0.2, -0.15) is 5.10 Å². The van der Waals surface area contributed by atoms with Crippen LogP contribution in [0, 0.1) is 5.92 Å².